The third-order valence-corrected chi connectivity index (χ3v) is 3.71. The highest BCUT2D eigenvalue weighted by molar-refractivity contribution is 5.47. The standard InChI is InChI=1S/C16H27N3O/c1-13(2)19(12-14-6-7-14)16-15(5-4-8-18-16)11-17-9-10-20-3/h4-5,8,13-14,17H,6-7,9-12H2,1-3H3. The zero-order valence-corrected chi connectivity index (χ0v) is 12.9. The van der Waals surface area contributed by atoms with E-state index >= 15 is 0 Å². The SMILES string of the molecule is COCCNCc1cccnc1N(CC1CC1)C(C)C. The molecule has 0 aliphatic heterocycles. The second-order valence-electron chi connectivity index (χ2n) is 5.85. The van der Waals surface area contributed by atoms with Crippen molar-refractivity contribution in [3.63, 3.8) is 0 Å². The van der Waals surface area contributed by atoms with Gasteiger partial charge in [0.2, 0.25) is 0 Å². The van der Waals surface area contributed by atoms with E-state index in [1.807, 2.05) is 12.3 Å². The third-order valence-electron chi connectivity index (χ3n) is 3.71. The Balaban J connectivity index is 2.03. The van der Waals surface area contributed by atoms with E-state index in [-0.39, 0.29) is 0 Å². The van der Waals surface area contributed by atoms with Gasteiger partial charge in [-0.25, -0.2) is 4.98 Å². The molecule has 1 N–H and O–H groups in total. The Kier molecular flexibility index (Phi) is 5.80. The summed E-state index contributed by atoms with van der Waals surface area (Å²) in [5.74, 6) is 2.01. The summed E-state index contributed by atoms with van der Waals surface area (Å²) in [7, 11) is 1.73. The maximum Gasteiger partial charge on any atom is 0.133 e. The number of ether oxygens (including phenoxy) is 1. The lowest BCUT2D eigenvalue weighted by Gasteiger charge is -2.30. The van der Waals surface area contributed by atoms with E-state index < -0.39 is 0 Å². The average molecular weight is 277 g/mol. The van der Waals surface area contributed by atoms with Crippen LogP contribution >= 0.6 is 0 Å². The molecule has 1 aromatic rings. The molecular formula is C16H27N3O. The average Bonchev–Trinajstić information content (AvgIpc) is 3.25. The Bertz CT molecular complexity index is 404. The summed E-state index contributed by atoms with van der Waals surface area (Å²) >= 11 is 0. The first-order valence-corrected chi connectivity index (χ1v) is 7.62. The summed E-state index contributed by atoms with van der Waals surface area (Å²) < 4.78 is 5.07. The van der Waals surface area contributed by atoms with E-state index in [1.165, 1.54) is 18.4 Å². The van der Waals surface area contributed by atoms with Crippen molar-refractivity contribution >= 4 is 5.82 Å². The van der Waals surface area contributed by atoms with Crippen LogP contribution in [0.15, 0.2) is 18.3 Å². The van der Waals surface area contributed by atoms with Crippen molar-refractivity contribution in [3.05, 3.63) is 23.9 Å². The molecule has 112 valence electrons. The zero-order valence-electron chi connectivity index (χ0n) is 12.9. The lowest BCUT2D eigenvalue weighted by atomic mass is 10.2. The van der Waals surface area contributed by atoms with Crippen molar-refractivity contribution in [3.8, 4) is 0 Å². The Morgan fingerprint density at radius 3 is 2.90 bits per heavy atom. The molecule has 0 aromatic carbocycles. The zero-order chi connectivity index (χ0) is 14.4. The van der Waals surface area contributed by atoms with Crippen molar-refractivity contribution in [2.75, 3.05) is 31.7 Å². The molecule has 0 radical (unpaired) electrons. The second-order valence-corrected chi connectivity index (χ2v) is 5.85. The molecule has 1 saturated carbocycles. The third kappa shape index (κ3) is 4.46. The summed E-state index contributed by atoms with van der Waals surface area (Å²) in [6, 6.07) is 4.68. The van der Waals surface area contributed by atoms with Crippen molar-refractivity contribution in [1.82, 2.24) is 10.3 Å². The monoisotopic (exact) mass is 277 g/mol. The highest BCUT2D eigenvalue weighted by atomic mass is 16.5. The number of methoxy groups -OCH3 is 1. The second kappa shape index (κ2) is 7.60. The Morgan fingerprint density at radius 1 is 1.45 bits per heavy atom. The van der Waals surface area contributed by atoms with Crippen molar-refractivity contribution in [2.24, 2.45) is 5.92 Å². The molecule has 0 bridgehead atoms. The van der Waals surface area contributed by atoms with Crippen LogP contribution in [-0.2, 0) is 11.3 Å². The highest BCUT2D eigenvalue weighted by Crippen LogP contribution is 2.32. The Hall–Kier alpha value is -1.13. The summed E-state index contributed by atoms with van der Waals surface area (Å²) in [4.78, 5) is 7.08. The summed E-state index contributed by atoms with van der Waals surface area (Å²) in [5, 5.41) is 3.41. The van der Waals surface area contributed by atoms with Crippen LogP contribution in [0.2, 0.25) is 0 Å². The number of aromatic nitrogens is 1. The Labute approximate surface area is 122 Å². The van der Waals surface area contributed by atoms with Crippen LogP contribution in [0, 0.1) is 5.92 Å². The van der Waals surface area contributed by atoms with Crippen molar-refractivity contribution < 1.29 is 4.74 Å². The number of hydrogen-bond acceptors (Lipinski definition) is 4. The largest absolute Gasteiger partial charge is 0.383 e. The lowest BCUT2D eigenvalue weighted by molar-refractivity contribution is 0.199. The molecule has 20 heavy (non-hydrogen) atoms. The molecule has 0 unspecified atom stereocenters. The van der Waals surface area contributed by atoms with Gasteiger partial charge in [0.25, 0.3) is 0 Å². The van der Waals surface area contributed by atoms with E-state index in [2.05, 4.69) is 35.1 Å². The maximum atomic E-state index is 5.07. The highest BCUT2D eigenvalue weighted by Gasteiger charge is 2.27. The van der Waals surface area contributed by atoms with Gasteiger partial charge in [0.1, 0.15) is 5.82 Å². The van der Waals surface area contributed by atoms with E-state index in [9.17, 15) is 0 Å². The van der Waals surface area contributed by atoms with Crippen LogP contribution < -0.4 is 10.2 Å². The van der Waals surface area contributed by atoms with E-state index in [1.54, 1.807) is 7.11 Å². The van der Waals surface area contributed by atoms with Crippen molar-refractivity contribution in [1.29, 1.82) is 0 Å². The Morgan fingerprint density at radius 2 is 2.25 bits per heavy atom. The molecule has 1 aliphatic carbocycles. The summed E-state index contributed by atoms with van der Waals surface area (Å²) in [6.45, 7) is 8.10. The molecule has 1 heterocycles. The van der Waals surface area contributed by atoms with Crippen molar-refractivity contribution in [2.45, 2.75) is 39.3 Å². The number of nitrogens with one attached hydrogen (secondary N) is 1. The van der Waals surface area contributed by atoms with Crippen LogP contribution in [-0.4, -0.2) is 37.8 Å². The number of hydrogen-bond donors (Lipinski definition) is 1. The first-order valence-electron chi connectivity index (χ1n) is 7.62. The molecule has 4 heteroatoms. The maximum absolute atomic E-state index is 5.07. The predicted octanol–water partition coefficient (Wildman–Crippen LogP) is 2.44. The van der Waals surface area contributed by atoms with Crippen LogP contribution in [0.4, 0.5) is 5.82 Å². The molecule has 1 aliphatic rings. The van der Waals surface area contributed by atoms with Crippen LogP contribution in [0.1, 0.15) is 32.3 Å². The fraction of sp³-hybridized carbons (Fsp3) is 0.688. The van der Waals surface area contributed by atoms with Crippen LogP contribution in [0.5, 0.6) is 0 Å². The quantitative estimate of drug-likeness (QED) is 0.704. The number of nitrogens with zero attached hydrogens (tertiary/aromatic N) is 2. The van der Waals surface area contributed by atoms with Gasteiger partial charge < -0.3 is 15.0 Å². The van der Waals surface area contributed by atoms with Gasteiger partial charge in [-0.3, -0.25) is 0 Å². The molecule has 0 saturated heterocycles. The fourth-order valence-electron chi connectivity index (χ4n) is 2.34. The number of pyridine rings is 1. The summed E-state index contributed by atoms with van der Waals surface area (Å²) in [5.41, 5.74) is 1.28. The number of rotatable bonds is 9. The van der Waals surface area contributed by atoms with Gasteiger partial charge in [0, 0.05) is 44.5 Å². The van der Waals surface area contributed by atoms with Gasteiger partial charge in [-0.05, 0) is 38.7 Å². The van der Waals surface area contributed by atoms with Gasteiger partial charge >= 0.3 is 0 Å². The van der Waals surface area contributed by atoms with Gasteiger partial charge in [-0.1, -0.05) is 6.07 Å². The molecular weight excluding hydrogens is 250 g/mol. The topological polar surface area (TPSA) is 37.4 Å². The minimum Gasteiger partial charge on any atom is -0.383 e. The van der Waals surface area contributed by atoms with E-state index in [0.717, 1.165) is 38.0 Å². The molecule has 2 rings (SSSR count). The van der Waals surface area contributed by atoms with Crippen LogP contribution in [0.25, 0.3) is 0 Å². The first kappa shape index (κ1) is 15.3. The molecule has 0 atom stereocenters. The van der Waals surface area contributed by atoms with E-state index in [4.69, 9.17) is 4.74 Å². The van der Waals surface area contributed by atoms with Gasteiger partial charge in [-0.15, -0.1) is 0 Å². The molecule has 1 aromatic heterocycles. The van der Waals surface area contributed by atoms with E-state index in [0.29, 0.717) is 6.04 Å². The molecule has 0 spiro atoms. The van der Waals surface area contributed by atoms with Gasteiger partial charge in [0.05, 0.1) is 6.61 Å². The lowest BCUT2D eigenvalue weighted by Crippen LogP contribution is -2.35. The minimum atomic E-state index is 0.489. The summed E-state index contributed by atoms with van der Waals surface area (Å²) in [6.07, 6.45) is 4.64. The van der Waals surface area contributed by atoms with Crippen LogP contribution in [0.3, 0.4) is 0 Å². The van der Waals surface area contributed by atoms with Gasteiger partial charge in [0.15, 0.2) is 0 Å². The molecule has 1 fully saturated rings. The normalized spacial score (nSPS) is 14.8. The molecule has 4 nitrogen and oxygen atoms in total. The number of anilines is 1. The fourth-order valence-corrected chi connectivity index (χ4v) is 2.34. The predicted molar refractivity (Wildman–Crippen MR) is 83.0 cm³/mol. The minimum absolute atomic E-state index is 0.489. The molecule has 0 amide bonds. The van der Waals surface area contributed by atoms with Gasteiger partial charge in [-0.2, -0.15) is 0 Å². The smallest absolute Gasteiger partial charge is 0.133 e. The first-order chi connectivity index (χ1) is 9.72.